The molecule has 6 nitrogen and oxygen atoms in total. The van der Waals surface area contributed by atoms with E-state index in [0.717, 1.165) is 16.7 Å². The average Bonchev–Trinajstić information content (AvgIpc) is 2.83. The van der Waals surface area contributed by atoms with Crippen LogP contribution in [0.4, 0.5) is 0 Å². The predicted molar refractivity (Wildman–Crippen MR) is 141 cm³/mol. The van der Waals surface area contributed by atoms with E-state index in [-0.39, 0.29) is 23.0 Å². The normalized spacial score (nSPS) is 11.7. The second kappa shape index (κ2) is 9.07. The largest absolute Gasteiger partial charge is 0.508 e. The van der Waals surface area contributed by atoms with Crippen molar-refractivity contribution in [1.82, 2.24) is 9.97 Å². The number of benzene rings is 4. The molecule has 0 aliphatic carbocycles. The minimum absolute atomic E-state index is 0.0461. The van der Waals surface area contributed by atoms with Gasteiger partial charge in [0.2, 0.25) is 0 Å². The average molecular weight is 477 g/mol. The van der Waals surface area contributed by atoms with Crippen LogP contribution in [0.5, 0.6) is 23.0 Å². The van der Waals surface area contributed by atoms with Gasteiger partial charge in [-0.25, -0.2) is 9.97 Å². The van der Waals surface area contributed by atoms with E-state index in [1.165, 1.54) is 24.3 Å². The van der Waals surface area contributed by atoms with Gasteiger partial charge in [-0.1, -0.05) is 35.9 Å². The number of phenols is 4. The monoisotopic (exact) mass is 476 g/mol. The Morgan fingerprint density at radius 1 is 0.639 bits per heavy atom. The minimum atomic E-state index is -0.130. The molecule has 0 spiro atoms. The number of aromatic nitrogens is 2. The third-order valence-corrected chi connectivity index (χ3v) is 6.00. The Labute approximate surface area is 208 Å². The maximum absolute atomic E-state index is 10.7. The van der Waals surface area contributed by atoms with E-state index in [4.69, 9.17) is 9.97 Å². The van der Waals surface area contributed by atoms with Crippen molar-refractivity contribution in [3.63, 3.8) is 0 Å². The SMILES string of the molecule is Cc1ccc(/C(=C/c2nc3cc(C)ccc3nc2-c2ccc(O)cc2O)c2ccc(O)cc2O)cc1. The fourth-order valence-electron chi connectivity index (χ4n) is 4.13. The van der Waals surface area contributed by atoms with Crippen molar-refractivity contribution in [3.05, 3.63) is 107 Å². The van der Waals surface area contributed by atoms with E-state index in [9.17, 15) is 20.4 Å². The number of hydrogen-bond acceptors (Lipinski definition) is 6. The van der Waals surface area contributed by atoms with E-state index in [1.54, 1.807) is 12.1 Å². The van der Waals surface area contributed by atoms with Crippen LogP contribution in [0.3, 0.4) is 0 Å². The highest BCUT2D eigenvalue weighted by molar-refractivity contribution is 5.96. The maximum atomic E-state index is 10.7. The number of hydrogen-bond donors (Lipinski definition) is 4. The smallest absolute Gasteiger partial charge is 0.128 e. The molecule has 1 heterocycles. The third kappa shape index (κ3) is 4.44. The molecule has 0 amide bonds. The summed E-state index contributed by atoms with van der Waals surface area (Å²) in [7, 11) is 0. The Kier molecular flexibility index (Phi) is 5.78. The van der Waals surface area contributed by atoms with Crippen molar-refractivity contribution in [2.24, 2.45) is 0 Å². The van der Waals surface area contributed by atoms with Gasteiger partial charge in [0.05, 0.1) is 16.7 Å². The lowest BCUT2D eigenvalue weighted by Crippen LogP contribution is -1.98. The van der Waals surface area contributed by atoms with E-state index >= 15 is 0 Å². The van der Waals surface area contributed by atoms with Gasteiger partial charge in [-0.15, -0.1) is 0 Å². The van der Waals surface area contributed by atoms with Crippen molar-refractivity contribution in [1.29, 1.82) is 0 Å². The number of aromatic hydroxyl groups is 4. The van der Waals surface area contributed by atoms with Crippen molar-refractivity contribution in [3.8, 4) is 34.3 Å². The molecule has 4 N–H and O–H groups in total. The van der Waals surface area contributed by atoms with Crippen molar-refractivity contribution < 1.29 is 20.4 Å². The van der Waals surface area contributed by atoms with Crippen LogP contribution in [0, 0.1) is 13.8 Å². The number of phenolic OH excluding ortho intramolecular Hbond substituents is 4. The first-order valence-electron chi connectivity index (χ1n) is 11.4. The summed E-state index contributed by atoms with van der Waals surface area (Å²) in [6.45, 7) is 3.97. The standard InChI is InChI=1S/C30H24N2O4/c1-17-3-6-19(7-4-17)24(22-10-8-20(33)14-28(22)35)16-27-30(23-11-9-21(34)15-29(23)36)32-25-12-5-18(2)13-26(25)31-27/h3-16,33-36H,1-2H3/b24-16-. The molecular weight excluding hydrogens is 452 g/mol. The molecule has 0 aliphatic heterocycles. The minimum Gasteiger partial charge on any atom is -0.508 e. The van der Waals surface area contributed by atoms with E-state index in [2.05, 4.69) is 0 Å². The second-order valence-corrected chi connectivity index (χ2v) is 8.78. The van der Waals surface area contributed by atoms with Gasteiger partial charge >= 0.3 is 0 Å². The molecule has 4 aromatic carbocycles. The first-order chi connectivity index (χ1) is 17.3. The van der Waals surface area contributed by atoms with Gasteiger partial charge in [-0.2, -0.15) is 0 Å². The highest BCUT2D eigenvalue weighted by atomic mass is 16.3. The lowest BCUT2D eigenvalue weighted by atomic mass is 9.94. The summed E-state index contributed by atoms with van der Waals surface area (Å²) in [6.07, 6.45) is 1.81. The summed E-state index contributed by atoms with van der Waals surface area (Å²) in [6, 6.07) is 22.4. The lowest BCUT2D eigenvalue weighted by molar-refractivity contribution is 0.449. The molecule has 0 radical (unpaired) electrons. The molecule has 5 rings (SSSR count). The quantitative estimate of drug-likeness (QED) is 0.242. The molecule has 6 heteroatoms. The summed E-state index contributed by atoms with van der Waals surface area (Å²) in [5.74, 6) is -0.322. The molecule has 36 heavy (non-hydrogen) atoms. The zero-order chi connectivity index (χ0) is 25.4. The predicted octanol–water partition coefficient (Wildman–Crippen LogP) is 6.32. The molecule has 0 fully saturated rings. The van der Waals surface area contributed by atoms with Gasteiger partial charge in [0, 0.05) is 23.3 Å². The van der Waals surface area contributed by atoms with Crippen LogP contribution < -0.4 is 0 Å². The lowest BCUT2D eigenvalue weighted by Gasteiger charge is -2.14. The van der Waals surface area contributed by atoms with Crippen LogP contribution in [0.1, 0.15) is 27.9 Å². The number of aryl methyl sites for hydroxylation is 2. The van der Waals surface area contributed by atoms with Crippen LogP contribution in [0.2, 0.25) is 0 Å². The Morgan fingerprint density at radius 3 is 2.00 bits per heavy atom. The van der Waals surface area contributed by atoms with E-state index in [1.807, 2.05) is 62.4 Å². The molecule has 0 atom stereocenters. The highest BCUT2D eigenvalue weighted by Gasteiger charge is 2.17. The Balaban J connectivity index is 1.83. The number of nitrogens with zero attached hydrogens (tertiary/aromatic N) is 2. The summed E-state index contributed by atoms with van der Waals surface area (Å²) in [5.41, 5.74) is 6.75. The van der Waals surface area contributed by atoms with Gasteiger partial charge in [0.25, 0.3) is 0 Å². The summed E-state index contributed by atoms with van der Waals surface area (Å²) in [4.78, 5) is 9.70. The molecule has 1 aromatic heterocycles. The second-order valence-electron chi connectivity index (χ2n) is 8.78. The summed E-state index contributed by atoms with van der Waals surface area (Å²) >= 11 is 0. The van der Waals surface area contributed by atoms with Gasteiger partial charge in [0.15, 0.2) is 0 Å². The molecule has 0 saturated carbocycles. The highest BCUT2D eigenvalue weighted by Crippen LogP contribution is 2.38. The molecule has 0 unspecified atom stereocenters. The first-order valence-corrected chi connectivity index (χ1v) is 11.4. The topological polar surface area (TPSA) is 107 Å². The molecule has 5 aromatic rings. The van der Waals surface area contributed by atoms with Crippen LogP contribution in [-0.4, -0.2) is 30.4 Å². The van der Waals surface area contributed by atoms with Gasteiger partial charge in [-0.05, 0) is 73.0 Å². The zero-order valence-electron chi connectivity index (χ0n) is 19.8. The first kappa shape index (κ1) is 22.9. The maximum Gasteiger partial charge on any atom is 0.128 e. The molecule has 0 bridgehead atoms. The summed E-state index contributed by atoms with van der Waals surface area (Å²) < 4.78 is 0. The van der Waals surface area contributed by atoms with Gasteiger partial charge in [0.1, 0.15) is 28.7 Å². The van der Waals surface area contributed by atoms with Crippen LogP contribution in [0.15, 0.2) is 78.9 Å². The molecular formula is C30H24N2O4. The van der Waals surface area contributed by atoms with Crippen molar-refractivity contribution in [2.45, 2.75) is 13.8 Å². The Hall–Kier alpha value is -4.84. The fraction of sp³-hybridized carbons (Fsp3) is 0.0667. The molecule has 0 aliphatic rings. The van der Waals surface area contributed by atoms with Gasteiger partial charge < -0.3 is 20.4 Å². The fourth-order valence-corrected chi connectivity index (χ4v) is 4.13. The third-order valence-electron chi connectivity index (χ3n) is 6.00. The van der Waals surface area contributed by atoms with Gasteiger partial charge in [-0.3, -0.25) is 0 Å². The van der Waals surface area contributed by atoms with Crippen LogP contribution >= 0.6 is 0 Å². The van der Waals surface area contributed by atoms with E-state index in [0.29, 0.717) is 39.1 Å². The van der Waals surface area contributed by atoms with Crippen molar-refractivity contribution in [2.75, 3.05) is 0 Å². The summed E-state index contributed by atoms with van der Waals surface area (Å²) in [5, 5.41) is 41.0. The molecule has 0 saturated heterocycles. The number of fused-ring (bicyclic) bond motifs is 1. The van der Waals surface area contributed by atoms with E-state index < -0.39 is 0 Å². The molecule has 178 valence electrons. The number of rotatable bonds is 4. The van der Waals surface area contributed by atoms with Crippen LogP contribution in [0.25, 0.3) is 33.9 Å². The Bertz CT molecular complexity index is 1640. The van der Waals surface area contributed by atoms with Crippen molar-refractivity contribution >= 4 is 22.7 Å². The van der Waals surface area contributed by atoms with Crippen LogP contribution in [-0.2, 0) is 0 Å². The Morgan fingerprint density at radius 2 is 1.31 bits per heavy atom. The zero-order valence-corrected chi connectivity index (χ0v) is 19.8.